The van der Waals surface area contributed by atoms with Gasteiger partial charge in [-0.1, -0.05) is 47.1 Å². The van der Waals surface area contributed by atoms with Gasteiger partial charge >= 0.3 is 0 Å². The van der Waals surface area contributed by atoms with Crippen molar-refractivity contribution in [1.82, 2.24) is 9.72 Å². The molecule has 4 aromatic rings. The lowest BCUT2D eigenvalue weighted by molar-refractivity contribution is 0.111. The zero-order valence-corrected chi connectivity index (χ0v) is 14.6. The first-order chi connectivity index (χ1) is 12.2. The van der Waals surface area contributed by atoms with Gasteiger partial charge in [-0.2, -0.15) is 0 Å². The van der Waals surface area contributed by atoms with Crippen molar-refractivity contribution in [2.24, 2.45) is 0 Å². The molecular weight excluding hydrogens is 356 g/mol. The van der Waals surface area contributed by atoms with E-state index in [2.05, 4.69) is 5.16 Å². The molecule has 0 fully saturated rings. The van der Waals surface area contributed by atoms with Gasteiger partial charge in [0.05, 0.1) is 21.5 Å². The number of hydrogen-bond donors (Lipinski definition) is 0. The summed E-state index contributed by atoms with van der Waals surface area (Å²) >= 11 is 7.41. The topological polar surface area (TPSA) is 48.0 Å². The summed E-state index contributed by atoms with van der Waals surface area (Å²) in [4.78, 5) is 12.3. The number of carbonyl (C=O) groups excluding carboxylic acids is 1. The third kappa shape index (κ3) is 3.16. The van der Waals surface area contributed by atoms with Crippen LogP contribution in [0.4, 0.5) is 0 Å². The molecule has 0 aliphatic rings. The third-order valence-corrected chi connectivity index (χ3v) is 5.15. The minimum atomic E-state index is 0.452. The number of nitrogens with zero attached hydrogens (tertiary/aromatic N) is 2. The molecule has 0 amide bonds. The van der Waals surface area contributed by atoms with Crippen LogP contribution >= 0.6 is 22.9 Å². The molecule has 0 aliphatic carbocycles. The average Bonchev–Trinajstić information content (AvgIpc) is 3.36. The van der Waals surface area contributed by atoms with Gasteiger partial charge in [0.15, 0.2) is 12.0 Å². The Hall–Kier alpha value is -2.63. The molecule has 25 heavy (non-hydrogen) atoms. The predicted molar refractivity (Wildman–Crippen MR) is 99.2 cm³/mol. The number of hydrogen-bond acceptors (Lipinski definition) is 4. The zero-order chi connectivity index (χ0) is 17.2. The molecule has 0 aliphatic heterocycles. The van der Waals surface area contributed by atoms with E-state index < -0.39 is 0 Å². The highest BCUT2D eigenvalue weighted by atomic mass is 35.5. The third-order valence-electron chi connectivity index (χ3n) is 3.90. The lowest BCUT2D eigenvalue weighted by Gasteiger charge is -2.09. The van der Waals surface area contributed by atoms with E-state index in [-0.39, 0.29) is 0 Å². The Morgan fingerprint density at radius 1 is 1.12 bits per heavy atom. The molecule has 6 heteroatoms. The average molecular weight is 369 g/mol. The number of aromatic nitrogens is 2. The van der Waals surface area contributed by atoms with Gasteiger partial charge in [-0.05, 0) is 29.8 Å². The highest BCUT2D eigenvalue weighted by Gasteiger charge is 2.14. The Morgan fingerprint density at radius 2 is 1.96 bits per heavy atom. The maximum atomic E-state index is 11.4. The van der Waals surface area contributed by atoms with E-state index in [4.69, 9.17) is 16.1 Å². The van der Waals surface area contributed by atoms with E-state index in [9.17, 15) is 4.79 Å². The maximum Gasteiger partial charge on any atom is 0.177 e. The minimum Gasteiger partial charge on any atom is -0.355 e. The molecule has 0 N–H and O–H groups in total. The molecule has 4 rings (SSSR count). The van der Waals surface area contributed by atoms with E-state index in [1.54, 1.807) is 0 Å². The van der Waals surface area contributed by atoms with Crippen LogP contribution in [0.15, 0.2) is 65.2 Å². The summed E-state index contributed by atoms with van der Waals surface area (Å²) < 4.78 is 8.07. The van der Waals surface area contributed by atoms with E-state index in [0.717, 1.165) is 28.1 Å². The van der Waals surface area contributed by atoms with Crippen LogP contribution in [0, 0.1) is 0 Å². The van der Waals surface area contributed by atoms with Crippen molar-refractivity contribution in [1.29, 1.82) is 0 Å². The van der Waals surface area contributed by atoms with Gasteiger partial charge in [-0.25, -0.2) is 0 Å². The highest BCUT2D eigenvalue weighted by Crippen LogP contribution is 2.32. The fourth-order valence-electron chi connectivity index (χ4n) is 2.73. The largest absolute Gasteiger partial charge is 0.355 e. The number of rotatable bonds is 5. The van der Waals surface area contributed by atoms with Gasteiger partial charge in [-0.3, -0.25) is 4.79 Å². The van der Waals surface area contributed by atoms with Crippen LogP contribution < -0.4 is 0 Å². The fraction of sp³-hybridized carbons (Fsp3) is 0.0526. The molecule has 3 heterocycles. The summed E-state index contributed by atoms with van der Waals surface area (Å²) in [6.07, 6.45) is 0.854. The first-order valence-electron chi connectivity index (χ1n) is 7.66. The predicted octanol–water partition coefficient (Wildman–Crippen LogP) is 5.39. The van der Waals surface area contributed by atoms with Crippen molar-refractivity contribution in [2.75, 3.05) is 0 Å². The van der Waals surface area contributed by atoms with Crippen LogP contribution in [0.5, 0.6) is 0 Å². The number of aldehydes is 1. The molecular formula is C19H13ClN2O2S. The first kappa shape index (κ1) is 15.9. The molecule has 0 bridgehead atoms. The molecule has 0 saturated carbocycles. The monoisotopic (exact) mass is 368 g/mol. The Kier molecular flexibility index (Phi) is 4.26. The van der Waals surface area contributed by atoms with Crippen molar-refractivity contribution >= 4 is 29.2 Å². The van der Waals surface area contributed by atoms with Gasteiger partial charge in [-0.15, -0.1) is 11.3 Å². The smallest absolute Gasteiger partial charge is 0.177 e. The quantitative estimate of drug-likeness (QED) is 0.444. The van der Waals surface area contributed by atoms with Crippen LogP contribution in [0.1, 0.15) is 16.2 Å². The van der Waals surface area contributed by atoms with Crippen molar-refractivity contribution < 1.29 is 9.32 Å². The molecule has 1 aromatic carbocycles. The van der Waals surface area contributed by atoms with Crippen molar-refractivity contribution in [3.8, 4) is 21.9 Å². The SMILES string of the molecule is O=Cc1ccc(-c2ccccc2)n1Cc1cc(-c2ccc(Cl)s2)on1. The van der Waals surface area contributed by atoms with Crippen LogP contribution in [0.25, 0.3) is 21.9 Å². The summed E-state index contributed by atoms with van der Waals surface area (Å²) in [6.45, 7) is 0.452. The van der Waals surface area contributed by atoms with Gasteiger partial charge in [0.2, 0.25) is 0 Å². The Bertz CT molecular complexity index is 1020. The molecule has 0 atom stereocenters. The second kappa shape index (κ2) is 6.70. The molecule has 4 nitrogen and oxygen atoms in total. The van der Waals surface area contributed by atoms with E-state index in [0.29, 0.717) is 22.3 Å². The second-order valence-electron chi connectivity index (χ2n) is 5.50. The highest BCUT2D eigenvalue weighted by molar-refractivity contribution is 7.19. The normalized spacial score (nSPS) is 10.9. The summed E-state index contributed by atoms with van der Waals surface area (Å²) in [5.74, 6) is 0.674. The van der Waals surface area contributed by atoms with Crippen LogP contribution in [-0.4, -0.2) is 16.0 Å². The molecule has 0 radical (unpaired) electrons. The minimum absolute atomic E-state index is 0.452. The number of halogens is 1. The lowest BCUT2D eigenvalue weighted by Crippen LogP contribution is -2.05. The summed E-state index contributed by atoms with van der Waals surface area (Å²) in [5, 5.41) is 4.14. The second-order valence-corrected chi connectivity index (χ2v) is 7.21. The molecule has 0 spiro atoms. The van der Waals surface area contributed by atoms with Gasteiger partial charge in [0.25, 0.3) is 0 Å². The first-order valence-corrected chi connectivity index (χ1v) is 8.85. The zero-order valence-electron chi connectivity index (χ0n) is 13.1. The number of carbonyl (C=O) groups is 1. The Morgan fingerprint density at radius 3 is 2.68 bits per heavy atom. The van der Waals surface area contributed by atoms with Crippen LogP contribution in [0.2, 0.25) is 4.34 Å². The summed E-state index contributed by atoms with van der Waals surface area (Å²) in [7, 11) is 0. The standard InChI is InChI=1S/C19H13ClN2O2S/c20-19-9-8-18(25-19)17-10-14(21-24-17)11-22-15(12-23)6-7-16(22)13-4-2-1-3-5-13/h1-10,12H,11H2. The lowest BCUT2D eigenvalue weighted by atomic mass is 10.1. The fourth-order valence-corrected chi connectivity index (χ4v) is 3.73. The van der Waals surface area contributed by atoms with E-state index in [1.165, 1.54) is 11.3 Å². The number of benzene rings is 1. The van der Waals surface area contributed by atoms with Crippen molar-refractivity contribution in [3.63, 3.8) is 0 Å². The Balaban J connectivity index is 1.68. The maximum absolute atomic E-state index is 11.4. The van der Waals surface area contributed by atoms with Gasteiger partial charge < -0.3 is 9.09 Å². The van der Waals surface area contributed by atoms with Gasteiger partial charge in [0.1, 0.15) is 5.69 Å². The van der Waals surface area contributed by atoms with Gasteiger partial charge in [0, 0.05) is 11.8 Å². The van der Waals surface area contributed by atoms with Crippen molar-refractivity contribution in [3.05, 3.63) is 76.4 Å². The summed E-state index contributed by atoms with van der Waals surface area (Å²) in [6, 6.07) is 19.3. The molecule has 124 valence electrons. The van der Waals surface area contributed by atoms with E-state index >= 15 is 0 Å². The van der Waals surface area contributed by atoms with Crippen LogP contribution in [-0.2, 0) is 6.54 Å². The Labute approximate surface area is 153 Å². The molecule has 0 unspecified atom stereocenters. The molecule has 0 saturated heterocycles. The summed E-state index contributed by atoms with van der Waals surface area (Å²) in [5.41, 5.74) is 3.36. The molecule has 3 aromatic heterocycles. The van der Waals surface area contributed by atoms with E-state index in [1.807, 2.05) is 65.2 Å². The van der Waals surface area contributed by atoms with Crippen LogP contribution in [0.3, 0.4) is 0 Å². The van der Waals surface area contributed by atoms with Crippen molar-refractivity contribution in [2.45, 2.75) is 6.54 Å². The number of thiophene rings is 1.